The molecule has 1 atom stereocenters. The molecule has 0 spiro atoms. The van der Waals surface area contributed by atoms with E-state index >= 15 is 0 Å². The molecule has 1 unspecified atom stereocenters. The lowest BCUT2D eigenvalue weighted by molar-refractivity contribution is -0.145. The molecule has 1 aliphatic heterocycles. The van der Waals surface area contributed by atoms with Crippen molar-refractivity contribution in [2.24, 2.45) is 0 Å². The Balaban J connectivity index is 1.60. The fourth-order valence-corrected chi connectivity index (χ4v) is 3.60. The Labute approximate surface area is 190 Å². The second-order valence-electron chi connectivity index (χ2n) is 7.60. The van der Waals surface area contributed by atoms with Gasteiger partial charge in [0.05, 0.1) is 26.4 Å². The smallest absolute Gasteiger partial charge is 0.303 e. The molecule has 1 aliphatic rings. The molecule has 0 bridgehead atoms. The third kappa shape index (κ3) is 7.82. The van der Waals surface area contributed by atoms with Crippen molar-refractivity contribution in [1.29, 1.82) is 0 Å². The van der Waals surface area contributed by atoms with Crippen LogP contribution in [0.15, 0.2) is 48.5 Å². The fourth-order valence-electron chi connectivity index (χ4n) is 3.60. The zero-order valence-electron chi connectivity index (χ0n) is 19.0. The van der Waals surface area contributed by atoms with Crippen molar-refractivity contribution < 1.29 is 28.5 Å². The van der Waals surface area contributed by atoms with Crippen LogP contribution in [0.4, 0.5) is 0 Å². The number of esters is 1. The molecule has 2 aromatic carbocycles. The number of ether oxygens (including phenoxy) is 5. The van der Waals surface area contributed by atoms with Gasteiger partial charge in [-0.3, -0.25) is 9.69 Å². The Morgan fingerprint density at radius 1 is 0.875 bits per heavy atom. The van der Waals surface area contributed by atoms with Gasteiger partial charge < -0.3 is 23.7 Å². The van der Waals surface area contributed by atoms with E-state index in [0.29, 0.717) is 57.7 Å². The van der Waals surface area contributed by atoms with Crippen LogP contribution >= 0.6 is 0 Å². The predicted octanol–water partition coefficient (Wildman–Crippen LogP) is 3.62. The summed E-state index contributed by atoms with van der Waals surface area (Å²) in [5.74, 6) is 1.15. The molecule has 1 heterocycles. The van der Waals surface area contributed by atoms with Gasteiger partial charge >= 0.3 is 5.97 Å². The minimum Gasteiger partial charge on any atom is -0.487 e. The minimum absolute atomic E-state index is 0.282. The number of hydrogen-bond donors (Lipinski definition) is 0. The normalized spacial score (nSPS) is 17.6. The van der Waals surface area contributed by atoms with E-state index in [1.54, 1.807) is 0 Å². The van der Waals surface area contributed by atoms with E-state index in [4.69, 9.17) is 23.7 Å². The van der Waals surface area contributed by atoms with E-state index in [1.165, 1.54) is 6.92 Å². The lowest BCUT2D eigenvalue weighted by Crippen LogP contribution is -2.32. The van der Waals surface area contributed by atoms with Crippen LogP contribution in [0.5, 0.6) is 11.5 Å². The van der Waals surface area contributed by atoms with Crippen LogP contribution in [0.25, 0.3) is 0 Å². The summed E-state index contributed by atoms with van der Waals surface area (Å²) in [6.45, 7) is 8.65. The van der Waals surface area contributed by atoms with Crippen LogP contribution in [-0.4, -0.2) is 63.6 Å². The molecule has 7 heteroatoms. The van der Waals surface area contributed by atoms with Crippen molar-refractivity contribution in [1.82, 2.24) is 4.90 Å². The van der Waals surface area contributed by atoms with Gasteiger partial charge in [0.15, 0.2) is 11.5 Å². The summed E-state index contributed by atoms with van der Waals surface area (Å²) in [5.41, 5.74) is 2.14. The first-order valence-corrected chi connectivity index (χ1v) is 11.1. The fraction of sp³-hybridized carbons (Fsp3) is 0.480. The molecular weight excluding hydrogens is 410 g/mol. The average molecular weight is 444 g/mol. The van der Waals surface area contributed by atoms with Crippen molar-refractivity contribution in [3.63, 3.8) is 0 Å². The number of carbonyl (C=O) groups is 1. The molecule has 0 N–H and O–H groups in total. The molecule has 0 saturated heterocycles. The summed E-state index contributed by atoms with van der Waals surface area (Å²) in [6.07, 6.45) is -0.296. The summed E-state index contributed by atoms with van der Waals surface area (Å²) in [5, 5.41) is 0. The first-order valence-electron chi connectivity index (χ1n) is 11.1. The van der Waals surface area contributed by atoms with E-state index in [2.05, 4.69) is 11.0 Å². The Morgan fingerprint density at radius 3 is 2.03 bits per heavy atom. The molecule has 0 aliphatic carbocycles. The zero-order chi connectivity index (χ0) is 22.6. The van der Waals surface area contributed by atoms with Gasteiger partial charge in [0, 0.05) is 26.6 Å². The Kier molecular flexibility index (Phi) is 9.81. The number of nitrogens with zero attached hydrogens (tertiary/aromatic N) is 1. The van der Waals surface area contributed by atoms with Gasteiger partial charge in [-0.05, 0) is 30.2 Å². The van der Waals surface area contributed by atoms with Crippen molar-refractivity contribution >= 4 is 5.97 Å². The number of rotatable bonds is 4. The molecule has 0 saturated carbocycles. The molecule has 32 heavy (non-hydrogen) atoms. The minimum atomic E-state index is -0.296. The number of para-hydroxylation sites is 2. The summed E-state index contributed by atoms with van der Waals surface area (Å²) >= 11 is 0. The topological polar surface area (TPSA) is 66.5 Å². The Bertz CT molecular complexity index is 808. The van der Waals surface area contributed by atoms with Crippen LogP contribution in [0.2, 0.25) is 0 Å². The molecular formula is C25H33NO6. The van der Waals surface area contributed by atoms with Crippen LogP contribution < -0.4 is 9.47 Å². The standard InChI is InChI=1S/C25H33NO6/c1-20(32-21(2)27)23-8-4-3-7-22(23)19-26-11-13-28-15-17-30-24-9-5-6-10-25(24)31-18-16-29-14-12-26/h3-10,20H,11-19H2,1-2H3. The van der Waals surface area contributed by atoms with E-state index in [0.717, 1.165) is 24.2 Å². The Hall–Kier alpha value is -2.61. The number of carbonyl (C=O) groups excluding carboxylic acids is 1. The summed E-state index contributed by atoms with van der Waals surface area (Å²) in [6, 6.07) is 15.7. The van der Waals surface area contributed by atoms with Gasteiger partial charge in [0.25, 0.3) is 0 Å². The summed E-state index contributed by atoms with van der Waals surface area (Å²) in [7, 11) is 0. The van der Waals surface area contributed by atoms with Gasteiger partial charge in [-0.2, -0.15) is 0 Å². The molecule has 0 fully saturated rings. The predicted molar refractivity (Wildman–Crippen MR) is 121 cm³/mol. The third-order valence-corrected chi connectivity index (χ3v) is 5.15. The third-order valence-electron chi connectivity index (χ3n) is 5.15. The van der Waals surface area contributed by atoms with Crippen molar-refractivity contribution in [3.8, 4) is 11.5 Å². The van der Waals surface area contributed by atoms with E-state index < -0.39 is 0 Å². The van der Waals surface area contributed by atoms with Crippen LogP contribution in [0.3, 0.4) is 0 Å². The number of benzene rings is 2. The van der Waals surface area contributed by atoms with Gasteiger partial charge in [0.2, 0.25) is 0 Å². The second-order valence-corrected chi connectivity index (χ2v) is 7.60. The van der Waals surface area contributed by atoms with Gasteiger partial charge in [0.1, 0.15) is 19.3 Å². The van der Waals surface area contributed by atoms with Gasteiger partial charge in [-0.1, -0.05) is 36.4 Å². The maximum absolute atomic E-state index is 11.4. The molecule has 7 nitrogen and oxygen atoms in total. The molecule has 3 rings (SSSR count). The average Bonchev–Trinajstić information content (AvgIpc) is 2.79. The van der Waals surface area contributed by atoms with Crippen LogP contribution in [-0.2, 0) is 25.5 Å². The lowest BCUT2D eigenvalue weighted by atomic mass is 10.0. The molecule has 0 amide bonds. The molecule has 174 valence electrons. The first kappa shape index (κ1) is 24.0. The summed E-state index contributed by atoms with van der Waals surface area (Å²) < 4.78 is 28.6. The highest BCUT2D eigenvalue weighted by Gasteiger charge is 2.16. The van der Waals surface area contributed by atoms with E-state index in [1.807, 2.05) is 49.4 Å². The maximum Gasteiger partial charge on any atom is 0.303 e. The van der Waals surface area contributed by atoms with Crippen LogP contribution in [0, 0.1) is 0 Å². The monoisotopic (exact) mass is 443 g/mol. The molecule has 2 aromatic rings. The largest absolute Gasteiger partial charge is 0.487 e. The van der Waals surface area contributed by atoms with E-state index in [9.17, 15) is 4.79 Å². The van der Waals surface area contributed by atoms with Gasteiger partial charge in [-0.25, -0.2) is 0 Å². The van der Waals surface area contributed by atoms with Crippen molar-refractivity contribution in [2.75, 3.05) is 52.7 Å². The van der Waals surface area contributed by atoms with Crippen molar-refractivity contribution in [3.05, 3.63) is 59.7 Å². The van der Waals surface area contributed by atoms with E-state index in [-0.39, 0.29) is 12.1 Å². The quantitative estimate of drug-likeness (QED) is 0.669. The zero-order valence-corrected chi connectivity index (χ0v) is 19.0. The van der Waals surface area contributed by atoms with Crippen LogP contribution in [0.1, 0.15) is 31.1 Å². The van der Waals surface area contributed by atoms with Crippen molar-refractivity contribution in [2.45, 2.75) is 26.5 Å². The highest BCUT2D eigenvalue weighted by molar-refractivity contribution is 5.66. The SMILES string of the molecule is CC(=O)OC(C)c1ccccc1CN1CCOCCOc2ccccc2OCCOCC1. The highest BCUT2D eigenvalue weighted by Crippen LogP contribution is 2.26. The maximum atomic E-state index is 11.4. The number of fused-ring (bicyclic) bond motifs is 1. The number of hydrogen-bond acceptors (Lipinski definition) is 7. The second kappa shape index (κ2) is 13.1. The Morgan fingerprint density at radius 2 is 1.44 bits per heavy atom. The summed E-state index contributed by atoms with van der Waals surface area (Å²) in [4.78, 5) is 13.7. The van der Waals surface area contributed by atoms with Gasteiger partial charge in [-0.15, -0.1) is 0 Å². The lowest BCUT2D eigenvalue weighted by Gasteiger charge is -2.25. The molecule has 0 aromatic heterocycles. The molecule has 0 radical (unpaired) electrons. The highest BCUT2D eigenvalue weighted by atomic mass is 16.6. The first-order chi connectivity index (χ1) is 15.6.